The Morgan fingerprint density at radius 2 is 1.95 bits per heavy atom. The van der Waals surface area contributed by atoms with Crippen LogP contribution in [-0.2, 0) is 0 Å². The molecule has 2 aromatic rings. The molecule has 0 atom stereocenters. The normalized spacial score (nSPS) is 11.5. The molecule has 1 heterocycles. The number of halogens is 3. The van der Waals surface area contributed by atoms with E-state index in [1.54, 1.807) is 30.3 Å². The van der Waals surface area contributed by atoms with E-state index in [4.69, 9.17) is 34.8 Å². The molecule has 0 amide bonds. The van der Waals surface area contributed by atoms with Gasteiger partial charge in [-0.15, -0.1) is 0 Å². The molecule has 1 aromatic heterocycles. The Kier molecular flexibility index (Phi) is 4.64. The lowest BCUT2D eigenvalue weighted by atomic mass is 10.1. The fraction of sp³-hybridized carbons (Fsp3) is 0.0769. The third-order valence-electron chi connectivity index (χ3n) is 2.37. The van der Waals surface area contributed by atoms with Crippen molar-refractivity contribution in [3.8, 4) is 0 Å². The highest BCUT2D eigenvalue weighted by atomic mass is 35.5. The summed E-state index contributed by atoms with van der Waals surface area (Å²) in [5, 5.41) is 5.76. The zero-order chi connectivity index (χ0) is 13.8. The molecule has 0 saturated carbocycles. The van der Waals surface area contributed by atoms with Gasteiger partial charge in [0.1, 0.15) is 11.0 Å². The van der Waals surface area contributed by atoms with Gasteiger partial charge in [-0.05, 0) is 31.2 Å². The van der Waals surface area contributed by atoms with Gasteiger partial charge < -0.3 is 0 Å². The largest absolute Gasteiger partial charge is 0.261 e. The summed E-state index contributed by atoms with van der Waals surface area (Å²) in [4.78, 5) is 4.07. The first-order valence-electron chi connectivity index (χ1n) is 5.44. The van der Waals surface area contributed by atoms with Gasteiger partial charge >= 0.3 is 0 Å². The van der Waals surface area contributed by atoms with E-state index in [1.165, 1.54) is 0 Å². The van der Waals surface area contributed by atoms with E-state index in [-0.39, 0.29) is 0 Å². The molecule has 0 bridgehead atoms. The highest BCUT2D eigenvalue weighted by Gasteiger charge is 2.04. The lowest BCUT2D eigenvalue weighted by Crippen LogP contribution is -2.01. The van der Waals surface area contributed by atoms with Crippen molar-refractivity contribution in [2.75, 3.05) is 5.43 Å². The summed E-state index contributed by atoms with van der Waals surface area (Å²) in [6, 6.07) is 10.5. The second-order valence-electron chi connectivity index (χ2n) is 3.78. The summed E-state index contributed by atoms with van der Waals surface area (Å²) in [6.45, 7) is 1.84. The number of pyridine rings is 1. The van der Waals surface area contributed by atoms with Crippen LogP contribution in [0.25, 0.3) is 0 Å². The zero-order valence-corrected chi connectivity index (χ0v) is 12.3. The monoisotopic (exact) mass is 313 g/mol. The van der Waals surface area contributed by atoms with Crippen LogP contribution >= 0.6 is 34.8 Å². The van der Waals surface area contributed by atoms with Gasteiger partial charge in [-0.3, -0.25) is 5.43 Å². The lowest BCUT2D eigenvalue weighted by Gasteiger charge is -2.05. The Morgan fingerprint density at radius 3 is 2.63 bits per heavy atom. The van der Waals surface area contributed by atoms with Crippen LogP contribution in [0.15, 0.2) is 41.5 Å². The fourth-order valence-corrected chi connectivity index (χ4v) is 2.16. The van der Waals surface area contributed by atoms with E-state index < -0.39 is 0 Å². The Labute approximate surface area is 126 Å². The molecule has 6 heteroatoms. The number of nitrogens with one attached hydrogen (secondary N) is 1. The number of benzene rings is 1. The van der Waals surface area contributed by atoms with E-state index in [9.17, 15) is 0 Å². The molecule has 1 N–H and O–H groups in total. The number of anilines is 1. The maximum atomic E-state index is 6.10. The Bertz CT molecular complexity index is 626. The van der Waals surface area contributed by atoms with Crippen LogP contribution in [0.4, 0.5) is 5.82 Å². The Morgan fingerprint density at radius 1 is 1.16 bits per heavy atom. The van der Waals surface area contributed by atoms with Crippen molar-refractivity contribution in [2.24, 2.45) is 5.10 Å². The number of hydrogen-bond donors (Lipinski definition) is 1. The molecule has 0 radical (unpaired) electrons. The molecule has 1 aromatic carbocycles. The van der Waals surface area contributed by atoms with Crippen molar-refractivity contribution in [1.29, 1.82) is 0 Å². The standard InChI is InChI=1S/C13H10Cl3N3/c1-8(10-6-5-9(14)7-11(10)15)18-19-13-4-2-3-12(16)17-13/h2-7H,1H3,(H,17,19). The maximum Gasteiger partial charge on any atom is 0.147 e. The molecule has 0 aliphatic carbocycles. The minimum absolute atomic E-state index is 0.405. The van der Waals surface area contributed by atoms with Gasteiger partial charge in [0.05, 0.1) is 10.7 Å². The molecule has 0 saturated heterocycles. The number of hydrogen-bond acceptors (Lipinski definition) is 3. The number of rotatable bonds is 3. The van der Waals surface area contributed by atoms with Gasteiger partial charge in [0.25, 0.3) is 0 Å². The Hall–Kier alpha value is -1.29. The quantitative estimate of drug-likeness (QED) is 0.498. The zero-order valence-electron chi connectivity index (χ0n) is 9.99. The summed E-state index contributed by atoms with van der Waals surface area (Å²) in [5.74, 6) is 0.567. The summed E-state index contributed by atoms with van der Waals surface area (Å²) >= 11 is 17.7. The third kappa shape index (κ3) is 3.83. The molecule has 98 valence electrons. The predicted molar refractivity (Wildman–Crippen MR) is 81.5 cm³/mol. The minimum Gasteiger partial charge on any atom is -0.261 e. The number of hydrazone groups is 1. The van der Waals surface area contributed by atoms with Crippen molar-refractivity contribution >= 4 is 46.3 Å². The lowest BCUT2D eigenvalue weighted by molar-refractivity contribution is 1.22. The van der Waals surface area contributed by atoms with Crippen molar-refractivity contribution in [2.45, 2.75) is 6.92 Å². The molecule has 0 aliphatic heterocycles. The molecule has 0 aliphatic rings. The van der Waals surface area contributed by atoms with Crippen molar-refractivity contribution in [3.05, 3.63) is 57.2 Å². The second-order valence-corrected chi connectivity index (χ2v) is 5.01. The van der Waals surface area contributed by atoms with E-state index in [2.05, 4.69) is 15.5 Å². The molecule has 19 heavy (non-hydrogen) atoms. The first-order chi connectivity index (χ1) is 9.06. The highest BCUT2D eigenvalue weighted by Crippen LogP contribution is 2.21. The fourth-order valence-electron chi connectivity index (χ4n) is 1.45. The van der Waals surface area contributed by atoms with E-state index in [1.807, 2.05) is 13.0 Å². The van der Waals surface area contributed by atoms with Gasteiger partial charge in [-0.25, -0.2) is 4.98 Å². The highest BCUT2D eigenvalue weighted by molar-refractivity contribution is 6.37. The smallest absolute Gasteiger partial charge is 0.147 e. The molecular formula is C13H10Cl3N3. The van der Waals surface area contributed by atoms with Crippen LogP contribution in [-0.4, -0.2) is 10.7 Å². The SMILES string of the molecule is CC(=NNc1cccc(Cl)n1)c1ccc(Cl)cc1Cl. The second kappa shape index (κ2) is 6.24. The first-order valence-corrected chi connectivity index (χ1v) is 6.58. The third-order valence-corrected chi connectivity index (χ3v) is 3.13. The van der Waals surface area contributed by atoms with Crippen LogP contribution in [0.1, 0.15) is 12.5 Å². The number of aromatic nitrogens is 1. The van der Waals surface area contributed by atoms with Crippen molar-refractivity contribution in [3.63, 3.8) is 0 Å². The van der Waals surface area contributed by atoms with Crippen LogP contribution < -0.4 is 5.43 Å². The van der Waals surface area contributed by atoms with Crippen LogP contribution in [0.2, 0.25) is 15.2 Å². The van der Waals surface area contributed by atoms with Crippen molar-refractivity contribution in [1.82, 2.24) is 4.98 Å². The molecule has 3 nitrogen and oxygen atoms in total. The summed E-state index contributed by atoms with van der Waals surface area (Å²) < 4.78 is 0. The van der Waals surface area contributed by atoms with Crippen molar-refractivity contribution < 1.29 is 0 Å². The van der Waals surface area contributed by atoms with Gasteiger partial charge in [0.15, 0.2) is 0 Å². The maximum absolute atomic E-state index is 6.10. The number of nitrogens with zero attached hydrogens (tertiary/aromatic N) is 2. The average molecular weight is 315 g/mol. The topological polar surface area (TPSA) is 37.3 Å². The molecule has 2 rings (SSSR count). The minimum atomic E-state index is 0.405. The summed E-state index contributed by atoms with van der Waals surface area (Å²) in [7, 11) is 0. The van der Waals surface area contributed by atoms with E-state index in [0.717, 1.165) is 11.3 Å². The predicted octanol–water partition coefficient (Wildman–Crippen LogP) is 4.88. The van der Waals surface area contributed by atoms with E-state index in [0.29, 0.717) is 21.0 Å². The summed E-state index contributed by atoms with van der Waals surface area (Å²) in [6.07, 6.45) is 0. The van der Waals surface area contributed by atoms with E-state index >= 15 is 0 Å². The van der Waals surface area contributed by atoms with Gasteiger partial charge in [-0.1, -0.05) is 46.9 Å². The molecule has 0 fully saturated rings. The van der Waals surface area contributed by atoms with Crippen LogP contribution in [0.3, 0.4) is 0 Å². The van der Waals surface area contributed by atoms with Crippen LogP contribution in [0, 0.1) is 0 Å². The van der Waals surface area contributed by atoms with Gasteiger partial charge in [-0.2, -0.15) is 5.10 Å². The molecule has 0 unspecified atom stereocenters. The average Bonchev–Trinajstić information content (AvgIpc) is 2.36. The molecule has 0 spiro atoms. The van der Waals surface area contributed by atoms with Gasteiger partial charge in [0, 0.05) is 10.6 Å². The molecular weight excluding hydrogens is 305 g/mol. The van der Waals surface area contributed by atoms with Gasteiger partial charge in [0.2, 0.25) is 0 Å². The first kappa shape index (κ1) is 14.1. The van der Waals surface area contributed by atoms with Crippen LogP contribution in [0.5, 0.6) is 0 Å². The summed E-state index contributed by atoms with van der Waals surface area (Å²) in [5.41, 5.74) is 4.36. The Balaban J connectivity index is 2.19.